The first-order valence-corrected chi connectivity index (χ1v) is 7.35. The van der Waals surface area contributed by atoms with E-state index >= 15 is 0 Å². The molecule has 21 heavy (non-hydrogen) atoms. The van der Waals surface area contributed by atoms with E-state index in [2.05, 4.69) is 6.07 Å². The maximum Gasteiger partial charge on any atom is 0.202 e. The molecule has 2 aromatic carbocycles. The molecule has 3 rings (SSSR count). The molecule has 0 saturated carbocycles. The van der Waals surface area contributed by atoms with Gasteiger partial charge in [0.25, 0.3) is 0 Å². The third kappa shape index (κ3) is 2.76. The summed E-state index contributed by atoms with van der Waals surface area (Å²) in [5.41, 5.74) is 3.39. The van der Waals surface area contributed by atoms with Crippen LogP contribution >= 0.6 is 11.3 Å². The summed E-state index contributed by atoms with van der Waals surface area (Å²) in [7, 11) is 0. The first kappa shape index (κ1) is 13.3. The van der Waals surface area contributed by atoms with Gasteiger partial charge in [0.05, 0.1) is 16.5 Å². The van der Waals surface area contributed by atoms with Gasteiger partial charge in [-0.2, -0.15) is 5.26 Å². The quantitative estimate of drug-likeness (QED) is 0.665. The van der Waals surface area contributed by atoms with E-state index in [1.807, 2.05) is 53.9 Å². The van der Waals surface area contributed by atoms with E-state index in [9.17, 15) is 4.79 Å². The fraction of sp³-hybridized carbons (Fsp3) is 0. The number of ketones is 1. The van der Waals surface area contributed by atoms with Crippen molar-refractivity contribution in [3.05, 3.63) is 82.0 Å². The highest BCUT2D eigenvalue weighted by Gasteiger charge is 2.09. The second-order valence-corrected chi connectivity index (χ2v) is 5.52. The number of thiophene rings is 1. The fourth-order valence-electron chi connectivity index (χ4n) is 2.10. The van der Waals surface area contributed by atoms with Gasteiger partial charge in [-0.1, -0.05) is 42.5 Å². The Labute approximate surface area is 126 Å². The van der Waals surface area contributed by atoms with Crippen LogP contribution in [0.5, 0.6) is 0 Å². The number of nitrogens with zero attached hydrogens (tertiary/aromatic N) is 1. The summed E-state index contributed by atoms with van der Waals surface area (Å²) < 4.78 is 0. The second-order valence-electron chi connectivity index (χ2n) is 4.57. The van der Waals surface area contributed by atoms with Crippen molar-refractivity contribution in [3.63, 3.8) is 0 Å². The molecule has 1 heterocycles. The molecule has 0 fully saturated rings. The van der Waals surface area contributed by atoms with E-state index in [0.29, 0.717) is 11.1 Å². The van der Waals surface area contributed by atoms with Crippen molar-refractivity contribution in [2.45, 2.75) is 0 Å². The summed E-state index contributed by atoms with van der Waals surface area (Å²) in [4.78, 5) is 13.0. The van der Waals surface area contributed by atoms with Crippen LogP contribution in [0.3, 0.4) is 0 Å². The number of benzene rings is 2. The van der Waals surface area contributed by atoms with Crippen LogP contribution in [0.4, 0.5) is 0 Å². The maximum atomic E-state index is 12.2. The molecule has 2 nitrogen and oxygen atoms in total. The number of carbonyl (C=O) groups is 1. The van der Waals surface area contributed by atoms with Gasteiger partial charge in [-0.25, -0.2) is 0 Å². The summed E-state index contributed by atoms with van der Waals surface area (Å²) in [5.74, 6) is 0.0522. The van der Waals surface area contributed by atoms with E-state index < -0.39 is 0 Å². The highest BCUT2D eigenvalue weighted by molar-refractivity contribution is 7.12. The van der Waals surface area contributed by atoms with Crippen LogP contribution in [0.25, 0.3) is 11.1 Å². The van der Waals surface area contributed by atoms with Crippen LogP contribution in [0, 0.1) is 11.3 Å². The molecule has 0 N–H and O–H groups in total. The molecular weight excluding hydrogens is 278 g/mol. The van der Waals surface area contributed by atoms with Gasteiger partial charge in [-0.3, -0.25) is 4.79 Å². The molecule has 0 aliphatic heterocycles. The van der Waals surface area contributed by atoms with Gasteiger partial charge in [0.1, 0.15) is 0 Å². The highest BCUT2D eigenvalue weighted by atomic mass is 32.1. The second kappa shape index (κ2) is 5.74. The molecule has 0 aliphatic carbocycles. The third-order valence-electron chi connectivity index (χ3n) is 3.24. The summed E-state index contributed by atoms with van der Waals surface area (Å²) in [6.07, 6.45) is 0. The minimum absolute atomic E-state index is 0.0522. The van der Waals surface area contributed by atoms with Gasteiger partial charge in [-0.15, -0.1) is 11.3 Å². The lowest BCUT2D eigenvalue weighted by molar-refractivity contribution is 0.104. The molecule has 0 aliphatic rings. The molecule has 100 valence electrons. The summed E-state index contributed by atoms with van der Waals surface area (Å²) in [5, 5.41) is 10.7. The van der Waals surface area contributed by atoms with Gasteiger partial charge in [0.15, 0.2) is 0 Å². The molecule has 0 bridgehead atoms. The maximum absolute atomic E-state index is 12.2. The molecular formula is C18H11NOS. The monoisotopic (exact) mass is 289 g/mol. The molecule has 0 unspecified atom stereocenters. The highest BCUT2D eigenvalue weighted by Crippen LogP contribution is 2.22. The summed E-state index contributed by atoms with van der Waals surface area (Å²) in [6, 6.07) is 20.8. The van der Waals surface area contributed by atoms with E-state index in [-0.39, 0.29) is 5.78 Å². The van der Waals surface area contributed by atoms with Crippen molar-refractivity contribution < 1.29 is 4.79 Å². The Kier molecular flexibility index (Phi) is 3.63. The van der Waals surface area contributed by atoms with Crippen molar-refractivity contribution >= 4 is 17.1 Å². The van der Waals surface area contributed by atoms with Gasteiger partial charge < -0.3 is 0 Å². The fourth-order valence-corrected chi connectivity index (χ4v) is 2.79. The topological polar surface area (TPSA) is 40.9 Å². The lowest BCUT2D eigenvalue weighted by atomic mass is 10.0. The Morgan fingerprint density at radius 2 is 1.52 bits per heavy atom. The van der Waals surface area contributed by atoms with Crippen molar-refractivity contribution in [1.29, 1.82) is 5.26 Å². The van der Waals surface area contributed by atoms with Crippen LogP contribution in [-0.2, 0) is 0 Å². The van der Waals surface area contributed by atoms with Crippen molar-refractivity contribution in [1.82, 2.24) is 0 Å². The normalized spacial score (nSPS) is 10.0. The average Bonchev–Trinajstić information content (AvgIpc) is 3.09. The van der Waals surface area contributed by atoms with E-state index in [1.54, 1.807) is 12.1 Å². The first-order valence-electron chi connectivity index (χ1n) is 6.47. The molecule has 0 atom stereocenters. The van der Waals surface area contributed by atoms with Crippen LogP contribution < -0.4 is 0 Å². The van der Waals surface area contributed by atoms with Gasteiger partial charge in [0, 0.05) is 5.56 Å². The average molecular weight is 289 g/mol. The molecule has 3 heteroatoms. The van der Waals surface area contributed by atoms with Gasteiger partial charge in [-0.05, 0) is 34.7 Å². The summed E-state index contributed by atoms with van der Waals surface area (Å²) in [6.45, 7) is 0. The Balaban J connectivity index is 1.87. The molecule has 0 spiro atoms. The zero-order valence-electron chi connectivity index (χ0n) is 11.1. The van der Waals surface area contributed by atoms with Crippen LogP contribution in [-0.4, -0.2) is 5.78 Å². The molecule has 0 amide bonds. The van der Waals surface area contributed by atoms with Crippen molar-refractivity contribution in [2.24, 2.45) is 0 Å². The SMILES string of the molecule is N#Cc1ccc(-c2ccc(C(=O)c3cccs3)cc2)cc1. The molecule has 1 aromatic heterocycles. The Morgan fingerprint density at radius 1 is 0.905 bits per heavy atom. The van der Waals surface area contributed by atoms with E-state index in [1.165, 1.54) is 11.3 Å². The predicted molar refractivity (Wildman–Crippen MR) is 84.3 cm³/mol. The number of rotatable bonds is 3. The van der Waals surface area contributed by atoms with Crippen LogP contribution in [0.2, 0.25) is 0 Å². The lowest BCUT2D eigenvalue weighted by Crippen LogP contribution is -1.97. The standard InChI is InChI=1S/C18H11NOS/c19-12-13-3-5-14(6-4-13)15-7-9-16(10-8-15)18(20)17-2-1-11-21-17/h1-11H. The Morgan fingerprint density at radius 3 is 2.05 bits per heavy atom. The van der Waals surface area contributed by atoms with Crippen molar-refractivity contribution in [2.75, 3.05) is 0 Å². The number of nitriles is 1. The largest absolute Gasteiger partial charge is 0.288 e. The summed E-state index contributed by atoms with van der Waals surface area (Å²) >= 11 is 1.45. The minimum Gasteiger partial charge on any atom is -0.288 e. The van der Waals surface area contributed by atoms with E-state index in [0.717, 1.165) is 16.0 Å². The zero-order valence-corrected chi connectivity index (χ0v) is 11.9. The number of carbonyl (C=O) groups excluding carboxylic acids is 1. The Bertz CT molecular complexity index is 794. The molecule has 0 radical (unpaired) electrons. The smallest absolute Gasteiger partial charge is 0.202 e. The third-order valence-corrected chi connectivity index (χ3v) is 4.11. The first-order chi connectivity index (χ1) is 10.3. The van der Waals surface area contributed by atoms with Crippen molar-refractivity contribution in [3.8, 4) is 17.2 Å². The Hall–Kier alpha value is -2.70. The minimum atomic E-state index is 0.0522. The predicted octanol–water partition coefficient (Wildman–Crippen LogP) is 4.52. The number of hydrogen-bond acceptors (Lipinski definition) is 3. The zero-order chi connectivity index (χ0) is 14.7. The van der Waals surface area contributed by atoms with Gasteiger partial charge in [0.2, 0.25) is 5.78 Å². The lowest BCUT2D eigenvalue weighted by Gasteiger charge is -2.03. The number of hydrogen-bond donors (Lipinski definition) is 0. The van der Waals surface area contributed by atoms with Crippen LogP contribution in [0.15, 0.2) is 66.0 Å². The van der Waals surface area contributed by atoms with Gasteiger partial charge >= 0.3 is 0 Å². The van der Waals surface area contributed by atoms with E-state index in [4.69, 9.17) is 5.26 Å². The molecule has 3 aromatic rings. The van der Waals surface area contributed by atoms with Crippen LogP contribution in [0.1, 0.15) is 20.8 Å². The molecule has 0 saturated heterocycles.